The van der Waals surface area contributed by atoms with Crippen LogP contribution in [0.25, 0.3) is 10.9 Å². The SMILES string of the molecule is C=CC(=O)N1CC[C@H](Nc2ccc(C(N)O)c3[nH]c4c(c23)CCCC4)C1. The zero-order valence-electron chi connectivity index (χ0n) is 14.9. The summed E-state index contributed by atoms with van der Waals surface area (Å²) in [6.07, 6.45) is 5.73. The van der Waals surface area contributed by atoms with Crippen molar-refractivity contribution in [2.24, 2.45) is 5.73 Å². The Morgan fingerprint density at radius 3 is 3.00 bits per heavy atom. The van der Waals surface area contributed by atoms with Gasteiger partial charge in [0.25, 0.3) is 0 Å². The van der Waals surface area contributed by atoms with Crippen LogP contribution in [0.1, 0.15) is 42.3 Å². The zero-order valence-corrected chi connectivity index (χ0v) is 14.9. The fourth-order valence-electron chi connectivity index (χ4n) is 4.33. The van der Waals surface area contributed by atoms with Gasteiger partial charge in [-0.25, -0.2) is 0 Å². The molecule has 1 aromatic carbocycles. The predicted molar refractivity (Wildman–Crippen MR) is 103 cm³/mol. The third-order valence-electron chi connectivity index (χ3n) is 5.64. The second kappa shape index (κ2) is 6.78. The van der Waals surface area contributed by atoms with Crippen molar-refractivity contribution >= 4 is 22.5 Å². The molecule has 1 aliphatic heterocycles. The molecule has 2 aromatic rings. The Labute approximate surface area is 153 Å². The first-order valence-corrected chi connectivity index (χ1v) is 9.36. The number of rotatable bonds is 4. The Balaban J connectivity index is 1.69. The molecule has 1 unspecified atom stereocenters. The fourth-order valence-corrected chi connectivity index (χ4v) is 4.33. The summed E-state index contributed by atoms with van der Waals surface area (Å²) >= 11 is 0. The largest absolute Gasteiger partial charge is 0.380 e. The molecule has 2 aliphatic rings. The number of carbonyl (C=O) groups is 1. The predicted octanol–water partition coefficient (Wildman–Crippen LogP) is 2.20. The van der Waals surface area contributed by atoms with Crippen molar-refractivity contribution in [3.63, 3.8) is 0 Å². The van der Waals surface area contributed by atoms with Gasteiger partial charge in [-0.2, -0.15) is 0 Å². The number of aliphatic hydroxyl groups is 1. The molecule has 6 heteroatoms. The molecule has 1 fully saturated rings. The van der Waals surface area contributed by atoms with Crippen LogP contribution in [0.3, 0.4) is 0 Å². The van der Waals surface area contributed by atoms with Gasteiger partial charge in [0, 0.05) is 41.5 Å². The summed E-state index contributed by atoms with van der Waals surface area (Å²) in [6, 6.07) is 4.11. The molecule has 5 N–H and O–H groups in total. The Morgan fingerprint density at radius 2 is 2.23 bits per heavy atom. The third kappa shape index (κ3) is 2.89. The average molecular weight is 354 g/mol. The molecule has 138 valence electrons. The van der Waals surface area contributed by atoms with E-state index in [1.165, 1.54) is 30.2 Å². The van der Waals surface area contributed by atoms with Crippen molar-refractivity contribution < 1.29 is 9.90 Å². The number of carbonyl (C=O) groups excluding carboxylic acids is 1. The van der Waals surface area contributed by atoms with Gasteiger partial charge in [0.15, 0.2) is 0 Å². The summed E-state index contributed by atoms with van der Waals surface area (Å²) in [6.45, 7) is 5.00. The monoisotopic (exact) mass is 354 g/mol. The van der Waals surface area contributed by atoms with Crippen molar-refractivity contribution in [2.75, 3.05) is 18.4 Å². The molecule has 4 rings (SSSR count). The average Bonchev–Trinajstić information content (AvgIpc) is 3.25. The molecule has 1 aliphatic carbocycles. The minimum Gasteiger partial charge on any atom is -0.380 e. The molecular weight excluding hydrogens is 328 g/mol. The van der Waals surface area contributed by atoms with Gasteiger partial charge in [-0.1, -0.05) is 12.6 Å². The number of aromatic amines is 1. The molecule has 26 heavy (non-hydrogen) atoms. The summed E-state index contributed by atoms with van der Waals surface area (Å²) in [5.41, 5.74) is 11.1. The number of H-pyrrole nitrogens is 1. The molecule has 0 spiro atoms. The summed E-state index contributed by atoms with van der Waals surface area (Å²) in [4.78, 5) is 17.2. The second-order valence-corrected chi connectivity index (χ2v) is 7.30. The number of amides is 1. The van der Waals surface area contributed by atoms with Crippen molar-refractivity contribution in [3.05, 3.63) is 41.6 Å². The first kappa shape index (κ1) is 17.1. The van der Waals surface area contributed by atoms with E-state index in [2.05, 4.69) is 16.9 Å². The van der Waals surface area contributed by atoms with Crippen molar-refractivity contribution in [1.29, 1.82) is 0 Å². The van der Waals surface area contributed by atoms with Crippen LogP contribution in [0, 0.1) is 0 Å². The number of benzene rings is 1. The highest BCUT2D eigenvalue weighted by atomic mass is 16.3. The number of hydrogen-bond acceptors (Lipinski definition) is 4. The van der Waals surface area contributed by atoms with Gasteiger partial charge in [-0.15, -0.1) is 0 Å². The van der Waals surface area contributed by atoms with E-state index in [9.17, 15) is 9.90 Å². The van der Waals surface area contributed by atoms with E-state index in [4.69, 9.17) is 5.73 Å². The van der Waals surface area contributed by atoms with E-state index in [1.807, 2.05) is 17.0 Å². The van der Waals surface area contributed by atoms with E-state index in [0.29, 0.717) is 6.54 Å². The number of nitrogens with one attached hydrogen (secondary N) is 2. The highest BCUT2D eigenvalue weighted by molar-refractivity contribution is 5.98. The van der Waals surface area contributed by atoms with E-state index in [-0.39, 0.29) is 11.9 Å². The smallest absolute Gasteiger partial charge is 0.246 e. The minimum absolute atomic E-state index is 0.0138. The van der Waals surface area contributed by atoms with E-state index in [1.54, 1.807) is 0 Å². The number of nitrogens with two attached hydrogens (primary N) is 1. The van der Waals surface area contributed by atoms with Crippen LogP contribution < -0.4 is 11.1 Å². The number of anilines is 1. The van der Waals surface area contributed by atoms with Crippen molar-refractivity contribution in [1.82, 2.24) is 9.88 Å². The van der Waals surface area contributed by atoms with Crippen LogP contribution in [-0.4, -0.2) is 40.0 Å². The highest BCUT2D eigenvalue weighted by Gasteiger charge is 2.27. The number of aliphatic hydroxyl groups excluding tert-OH is 1. The van der Waals surface area contributed by atoms with Crippen molar-refractivity contribution in [3.8, 4) is 0 Å². The maximum absolute atomic E-state index is 11.8. The summed E-state index contributed by atoms with van der Waals surface area (Å²) in [5.74, 6) is -0.0138. The number of nitrogens with zero attached hydrogens (tertiary/aromatic N) is 1. The van der Waals surface area contributed by atoms with Crippen LogP contribution in [0.15, 0.2) is 24.8 Å². The van der Waals surface area contributed by atoms with Crippen LogP contribution in [0.2, 0.25) is 0 Å². The minimum atomic E-state index is -1.00. The van der Waals surface area contributed by atoms with Gasteiger partial charge in [0.1, 0.15) is 6.23 Å². The molecule has 0 saturated carbocycles. The fraction of sp³-hybridized carbons (Fsp3) is 0.450. The van der Waals surface area contributed by atoms with Gasteiger partial charge in [-0.3, -0.25) is 4.79 Å². The number of hydrogen-bond donors (Lipinski definition) is 4. The Morgan fingerprint density at radius 1 is 1.42 bits per heavy atom. The highest BCUT2D eigenvalue weighted by Crippen LogP contribution is 2.37. The van der Waals surface area contributed by atoms with E-state index >= 15 is 0 Å². The molecule has 2 atom stereocenters. The summed E-state index contributed by atoms with van der Waals surface area (Å²) in [7, 11) is 0. The van der Waals surface area contributed by atoms with Crippen LogP contribution >= 0.6 is 0 Å². The standard InChI is InChI=1S/C20H26N4O2/c1-2-17(25)24-10-9-12(11-24)22-16-8-7-14(20(21)26)19-18(16)13-5-3-4-6-15(13)23-19/h2,7-8,12,20,22-23,26H,1,3-6,9-11,21H2/t12-,20?/m0/s1. The van der Waals surface area contributed by atoms with Crippen LogP contribution in [-0.2, 0) is 17.6 Å². The van der Waals surface area contributed by atoms with E-state index in [0.717, 1.165) is 48.0 Å². The Hall–Kier alpha value is -2.31. The Kier molecular flexibility index (Phi) is 4.46. The normalized spacial score (nSPS) is 20.8. The lowest BCUT2D eigenvalue weighted by atomic mass is 9.94. The van der Waals surface area contributed by atoms with Crippen molar-refractivity contribution in [2.45, 2.75) is 44.4 Å². The van der Waals surface area contributed by atoms with Gasteiger partial charge < -0.3 is 26.0 Å². The summed E-state index contributed by atoms with van der Waals surface area (Å²) < 4.78 is 0. The lowest BCUT2D eigenvalue weighted by molar-refractivity contribution is -0.125. The molecule has 1 amide bonds. The lowest BCUT2D eigenvalue weighted by Crippen LogP contribution is -2.30. The number of aromatic nitrogens is 1. The van der Waals surface area contributed by atoms with Crippen LogP contribution in [0.4, 0.5) is 5.69 Å². The molecule has 6 nitrogen and oxygen atoms in total. The first-order valence-electron chi connectivity index (χ1n) is 9.36. The first-order chi connectivity index (χ1) is 12.6. The Bertz CT molecular complexity index is 855. The third-order valence-corrected chi connectivity index (χ3v) is 5.64. The molecule has 0 radical (unpaired) electrons. The molecular formula is C20H26N4O2. The number of likely N-dealkylation sites (tertiary alicyclic amines) is 1. The van der Waals surface area contributed by atoms with Crippen LogP contribution in [0.5, 0.6) is 0 Å². The molecule has 1 saturated heterocycles. The quantitative estimate of drug-likeness (QED) is 0.500. The lowest BCUT2D eigenvalue weighted by Gasteiger charge is -2.19. The van der Waals surface area contributed by atoms with E-state index < -0.39 is 6.23 Å². The van der Waals surface area contributed by atoms with Gasteiger partial charge in [0.05, 0.1) is 5.52 Å². The van der Waals surface area contributed by atoms with Gasteiger partial charge in [0.2, 0.25) is 5.91 Å². The maximum Gasteiger partial charge on any atom is 0.246 e. The van der Waals surface area contributed by atoms with Gasteiger partial charge in [-0.05, 0) is 49.8 Å². The van der Waals surface area contributed by atoms with Gasteiger partial charge >= 0.3 is 0 Å². The number of aryl methyl sites for hydroxylation is 2. The topological polar surface area (TPSA) is 94.4 Å². The molecule has 0 bridgehead atoms. The second-order valence-electron chi connectivity index (χ2n) is 7.30. The zero-order chi connectivity index (χ0) is 18.3. The molecule has 1 aromatic heterocycles. The summed E-state index contributed by atoms with van der Waals surface area (Å²) in [5, 5.41) is 14.7. The maximum atomic E-state index is 11.8. The number of fused-ring (bicyclic) bond motifs is 3. The molecule has 2 heterocycles.